The number of pyridine rings is 1. The molecule has 0 saturated heterocycles. The highest BCUT2D eigenvalue weighted by Gasteiger charge is 2.34. The minimum Gasteiger partial charge on any atom is -0.497 e. The van der Waals surface area contributed by atoms with Crippen LogP contribution >= 0.6 is 0 Å². The Bertz CT molecular complexity index is 911. The van der Waals surface area contributed by atoms with Gasteiger partial charge in [-0.05, 0) is 12.1 Å². The molecule has 1 N–H and O–H groups in total. The Kier molecular flexibility index (Phi) is 5.11. The molecule has 3 rings (SSSR count). The molecule has 0 amide bonds. The summed E-state index contributed by atoms with van der Waals surface area (Å²) in [6, 6.07) is 8.89. The van der Waals surface area contributed by atoms with Crippen molar-refractivity contribution < 1.29 is 22.6 Å². The maximum atomic E-state index is 13.3. The zero-order chi connectivity index (χ0) is 19.4. The van der Waals surface area contributed by atoms with Gasteiger partial charge >= 0.3 is 6.18 Å². The van der Waals surface area contributed by atoms with Gasteiger partial charge in [0.25, 0.3) is 0 Å². The summed E-state index contributed by atoms with van der Waals surface area (Å²) in [4.78, 5) is 11.7. The lowest BCUT2D eigenvalue weighted by Gasteiger charge is -2.13. The normalized spacial score (nSPS) is 11.1. The topological polar surface area (TPSA) is 69.2 Å². The molecule has 0 aliphatic carbocycles. The van der Waals surface area contributed by atoms with Crippen LogP contribution in [0.3, 0.4) is 0 Å². The molecular weight excluding hydrogens is 361 g/mol. The van der Waals surface area contributed by atoms with Crippen molar-refractivity contribution in [2.24, 2.45) is 0 Å². The van der Waals surface area contributed by atoms with Crippen LogP contribution in [0.25, 0.3) is 11.4 Å². The van der Waals surface area contributed by atoms with Crippen molar-refractivity contribution in [2.45, 2.75) is 6.18 Å². The van der Waals surface area contributed by atoms with Crippen molar-refractivity contribution >= 4 is 11.5 Å². The van der Waals surface area contributed by atoms with Gasteiger partial charge in [-0.15, -0.1) is 0 Å². The van der Waals surface area contributed by atoms with Crippen LogP contribution in [-0.4, -0.2) is 29.2 Å². The van der Waals surface area contributed by atoms with E-state index in [1.165, 1.54) is 26.6 Å². The van der Waals surface area contributed by atoms with Crippen molar-refractivity contribution in [3.8, 4) is 22.9 Å². The average molecular weight is 376 g/mol. The SMILES string of the molecule is COc1cc(Nc2cc(C(F)(F)F)nc(-c3cccnc3)n2)cc(OC)c1. The van der Waals surface area contributed by atoms with Crippen LogP contribution in [0.5, 0.6) is 11.5 Å². The number of anilines is 2. The molecule has 1 aromatic carbocycles. The van der Waals surface area contributed by atoms with Gasteiger partial charge in [-0.2, -0.15) is 13.2 Å². The second kappa shape index (κ2) is 7.48. The Labute approximate surface area is 153 Å². The summed E-state index contributed by atoms with van der Waals surface area (Å²) in [5.41, 5.74) is -0.237. The summed E-state index contributed by atoms with van der Waals surface area (Å²) in [5.74, 6) is 0.852. The van der Waals surface area contributed by atoms with Crippen molar-refractivity contribution in [3.63, 3.8) is 0 Å². The van der Waals surface area contributed by atoms with Gasteiger partial charge in [0, 0.05) is 47.9 Å². The lowest BCUT2D eigenvalue weighted by atomic mass is 10.2. The number of nitrogens with zero attached hydrogens (tertiary/aromatic N) is 3. The van der Waals surface area contributed by atoms with Crippen molar-refractivity contribution in [2.75, 3.05) is 19.5 Å². The predicted octanol–water partition coefficient (Wildman–Crippen LogP) is 4.32. The summed E-state index contributed by atoms with van der Waals surface area (Å²) < 4.78 is 50.1. The third-order valence-electron chi connectivity index (χ3n) is 3.56. The van der Waals surface area contributed by atoms with E-state index in [0.717, 1.165) is 6.07 Å². The number of hydrogen-bond donors (Lipinski definition) is 1. The first-order chi connectivity index (χ1) is 12.9. The van der Waals surface area contributed by atoms with Gasteiger partial charge in [-0.25, -0.2) is 9.97 Å². The summed E-state index contributed by atoms with van der Waals surface area (Å²) in [7, 11) is 2.96. The fourth-order valence-electron chi connectivity index (χ4n) is 2.31. The van der Waals surface area contributed by atoms with Gasteiger partial charge in [0.05, 0.1) is 14.2 Å². The summed E-state index contributed by atoms with van der Waals surface area (Å²) in [6.07, 6.45) is -1.71. The van der Waals surface area contributed by atoms with E-state index in [4.69, 9.17) is 9.47 Å². The van der Waals surface area contributed by atoms with Crippen LogP contribution in [0, 0.1) is 0 Å². The molecule has 140 valence electrons. The molecule has 0 aliphatic heterocycles. The fourth-order valence-corrected chi connectivity index (χ4v) is 2.31. The Morgan fingerprint density at radius 1 is 0.963 bits per heavy atom. The number of halogens is 3. The predicted molar refractivity (Wildman–Crippen MR) is 93.1 cm³/mol. The van der Waals surface area contributed by atoms with Crippen LogP contribution in [0.1, 0.15) is 5.69 Å². The highest BCUT2D eigenvalue weighted by Crippen LogP contribution is 2.32. The van der Waals surface area contributed by atoms with Gasteiger partial charge in [-0.3, -0.25) is 4.98 Å². The van der Waals surface area contributed by atoms with Crippen LogP contribution in [0.15, 0.2) is 48.8 Å². The van der Waals surface area contributed by atoms with E-state index in [1.54, 1.807) is 30.3 Å². The summed E-state index contributed by atoms with van der Waals surface area (Å²) >= 11 is 0. The second-order valence-electron chi connectivity index (χ2n) is 5.43. The minimum atomic E-state index is -4.62. The van der Waals surface area contributed by atoms with Crippen LogP contribution < -0.4 is 14.8 Å². The van der Waals surface area contributed by atoms with E-state index < -0.39 is 11.9 Å². The highest BCUT2D eigenvalue weighted by molar-refractivity contribution is 5.64. The molecule has 0 fully saturated rings. The lowest BCUT2D eigenvalue weighted by molar-refractivity contribution is -0.141. The largest absolute Gasteiger partial charge is 0.497 e. The molecule has 27 heavy (non-hydrogen) atoms. The zero-order valence-corrected chi connectivity index (χ0v) is 14.4. The van der Waals surface area contributed by atoms with Gasteiger partial charge in [0.15, 0.2) is 11.5 Å². The Morgan fingerprint density at radius 2 is 1.67 bits per heavy atom. The monoisotopic (exact) mass is 376 g/mol. The Hall–Kier alpha value is -3.36. The molecular formula is C18H15F3N4O2. The molecule has 0 saturated carbocycles. The number of alkyl halides is 3. The van der Waals surface area contributed by atoms with Crippen LogP contribution in [0.4, 0.5) is 24.7 Å². The molecule has 9 heteroatoms. The maximum absolute atomic E-state index is 13.3. The van der Waals surface area contributed by atoms with Crippen molar-refractivity contribution in [3.05, 3.63) is 54.5 Å². The number of nitrogens with one attached hydrogen (secondary N) is 1. The zero-order valence-electron chi connectivity index (χ0n) is 14.4. The number of rotatable bonds is 5. The van der Waals surface area contributed by atoms with Crippen molar-refractivity contribution in [1.82, 2.24) is 15.0 Å². The molecule has 0 spiro atoms. The standard InChI is InChI=1S/C18H15F3N4O2/c1-26-13-6-12(7-14(8-13)27-2)23-16-9-15(18(19,20)21)24-17(25-16)11-4-3-5-22-10-11/h3-10H,1-2H3,(H,23,24,25). The van der Waals surface area contributed by atoms with Crippen molar-refractivity contribution in [1.29, 1.82) is 0 Å². The van der Waals surface area contributed by atoms with E-state index in [9.17, 15) is 13.2 Å². The van der Waals surface area contributed by atoms with E-state index in [-0.39, 0.29) is 11.6 Å². The molecule has 0 radical (unpaired) electrons. The summed E-state index contributed by atoms with van der Waals surface area (Å²) in [6.45, 7) is 0. The van der Waals surface area contributed by atoms with Crippen LogP contribution in [0.2, 0.25) is 0 Å². The molecule has 3 aromatic rings. The quantitative estimate of drug-likeness (QED) is 0.715. The number of ether oxygens (including phenoxy) is 2. The first kappa shape index (κ1) is 18.4. The van der Waals surface area contributed by atoms with Gasteiger partial charge in [0.2, 0.25) is 0 Å². The molecule has 6 nitrogen and oxygen atoms in total. The first-order valence-electron chi connectivity index (χ1n) is 7.76. The lowest BCUT2D eigenvalue weighted by Crippen LogP contribution is -2.11. The number of methoxy groups -OCH3 is 2. The van der Waals surface area contributed by atoms with Gasteiger partial charge in [-0.1, -0.05) is 0 Å². The second-order valence-corrected chi connectivity index (χ2v) is 5.43. The third-order valence-corrected chi connectivity index (χ3v) is 3.56. The first-order valence-corrected chi connectivity index (χ1v) is 7.76. The van der Waals surface area contributed by atoms with E-state index in [0.29, 0.717) is 22.7 Å². The summed E-state index contributed by atoms with van der Waals surface area (Å²) in [5, 5.41) is 2.84. The average Bonchev–Trinajstić information content (AvgIpc) is 2.67. The van der Waals surface area contributed by atoms with E-state index in [2.05, 4.69) is 20.3 Å². The Balaban J connectivity index is 2.05. The van der Waals surface area contributed by atoms with E-state index >= 15 is 0 Å². The molecule has 2 aromatic heterocycles. The molecule has 0 atom stereocenters. The third kappa shape index (κ3) is 4.43. The van der Waals surface area contributed by atoms with Gasteiger partial charge in [0.1, 0.15) is 17.3 Å². The minimum absolute atomic E-state index is 0.0218. The maximum Gasteiger partial charge on any atom is 0.433 e. The number of benzene rings is 1. The van der Waals surface area contributed by atoms with Crippen LogP contribution in [-0.2, 0) is 6.18 Å². The number of hydrogen-bond acceptors (Lipinski definition) is 6. The Morgan fingerprint density at radius 3 is 2.22 bits per heavy atom. The van der Waals surface area contributed by atoms with E-state index in [1.807, 2.05) is 0 Å². The fraction of sp³-hybridized carbons (Fsp3) is 0.167. The molecule has 0 unspecified atom stereocenters. The molecule has 0 bridgehead atoms. The highest BCUT2D eigenvalue weighted by atomic mass is 19.4. The van der Waals surface area contributed by atoms with Gasteiger partial charge < -0.3 is 14.8 Å². The molecule has 2 heterocycles. The smallest absolute Gasteiger partial charge is 0.433 e. The number of aromatic nitrogens is 3. The molecule has 0 aliphatic rings.